The fraction of sp³-hybridized carbons (Fsp3) is 0.350. The molecule has 4 rings (SSSR count). The third-order valence-corrected chi connectivity index (χ3v) is 6.46. The average Bonchev–Trinajstić information content (AvgIpc) is 3.50. The van der Waals surface area contributed by atoms with Crippen LogP contribution >= 0.6 is 22.7 Å². The highest BCUT2D eigenvalue weighted by Crippen LogP contribution is 2.26. The molecule has 3 aromatic heterocycles. The number of rotatable bonds is 7. The summed E-state index contributed by atoms with van der Waals surface area (Å²) in [4.78, 5) is 33.2. The zero-order chi connectivity index (χ0) is 20.1. The Morgan fingerprint density at radius 2 is 2.03 bits per heavy atom. The highest BCUT2D eigenvalue weighted by molar-refractivity contribution is 7.14. The predicted octanol–water partition coefficient (Wildman–Crippen LogP) is 2.58. The van der Waals surface area contributed by atoms with Gasteiger partial charge in [-0.3, -0.25) is 14.5 Å². The van der Waals surface area contributed by atoms with Crippen LogP contribution in [0.5, 0.6) is 0 Å². The zero-order valence-electron chi connectivity index (χ0n) is 15.9. The van der Waals surface area contributed by atoms with Gasteiger partial charge in [-0.2, -0.15) is 11.3 Å². The van der Waals surface area contributed by atoms with Crippen LogP contribution in [0.3, 0.4) is 0 Å². The number of amides is 2. The Labute approximate surface area is 177 Å². The molecule has 1 fully saturated rings. The van der Waals surface area contributed by atoms with E-state index in [1.54, 1.807) is 34.8 Å². The van der Waals surface area contributed by atoms with Crippen LogP contribution in [-0.2, 0) is 11.2 Å². The first-order chi connectivity index (χ1) is 14.2. The van der Waals surface area contributed by atoms with Gasteiger partial charge in [0, 0.05) is 55.6 Å². The molecular weight excluding hydrogens is 408 g/mol. The maximum Gasteiger partial charge on any atom is 0.287 e. The third-order valence-electron chi connectivity index (χ3n) is 4.84. The first kappa shape index (κ1) is 19.8. The second-order valence-electron chi connectivity index (χ2n) is 6.79. The van der Waals surface area contributed by atoms with Crippen LogP contribution in [0.25, 0.3) is 10.6 Å². The van der Waals surface area contributed by atoms with E-state index in [0.29, 0.717) is 31.8 Å². The highest BCUT2D eigenvalue weighted by atomic mass is 32.1. The molecule has 3 aromatic rings. The molecule has 0 bridgehead atoms. The van der Waals surface area contributed by atoms with E-state index < -0.39 is 0 Å². The van der Waals surface area contributed by atoms with Gasteiger partial charge in [0.05, 0.1) is 18.4 Å². The van der Waals surface area contributed by atoms with Crippen LogP contribution in [-0.4, -0.2) is 65.9 Å². The van der Waals surface area contributed by atoms with Crippen LogP contribution in [0.1, 0.15) is 16.2 Å². The number of thiazole rings is 1. The standard InChI is InChI=1S/C20H22N4O3S2/c25-18(12-16-14-29-20(22-16)15-3-11-28-13-15)24-8-6-23(7-9-24)5-4-21-19(26)17-2-1-10-27-17/h1-3,10-11,13-14H,4-9,12H2,(H,21,26). The molecule has 9 heteroatoms. The lowest BCUT2D eigenvalue weighted by atomic mass is 10.2. The van der Waals surface area contributed by atoms with Gasteiger partial charge in [0.1, 0.15) is 5.01 Å². The monoisotopic (exact) mass is 430 g/mol. The van der Waals surface area contributed by atoms with E-state index in [0.717, 1.165) is 35.9 Å². The van der Waals surface area contributed by atoms with E-state index in [9.17, 15) is 9.59 Å². The summed E-state index contributed by atoms with van der Waals surface area (Å²) >= 11 is 3.23. The zero-order valence-corrected chi connectivity index (χ0v) is 17.5. The summed E-state index contributed by atoms with van der Waals surface area (Å²) < 4.78 is 5.08. The van der Waals surface area contributed by atoms with E-state index in [4.69, 9.17) is 4.42 Å². The summed E-state index contributed by atoms with van der Waals surface area (Å²) in [6.45, 7) is 4.32. The molecule has 0 spiro atoms. The Hall–Kier alpha value is -2.49. The van der Waals surface area contributed by atoms with Gasteiger partial charge < -0.3 is 14.6 Å². The number of carbonyl (C=O) groups is 2. The first-order valence-electron chi connectivity index (χ1n) is 9.48. The molecule has 0 aromatic carbocycles. The van der Waals surface area contributed by atoms with Crippen LogP contribution < -0.4 is 5.32 Å². The Balaban J connectivity index is 1.18. The molecule has 2 amide bonds. The molecule has 0 saturated carbocycles. The first-order valence-corrected chi connectivity index (χ1v) is 11.3. The van der Waals surface area contributed by atoms with Gasteiger partial charge in [0.15, 0.2) is 5.76 Å². The number of nitrogens with zero attached hydrogens (tertiary/aromatic N) is 3. The number of hydrogen-bond acceptors (Lipinski definition) is 7. The second kappa shape index (κ2) is 9.34. The number of hydrogen-bond donors (Lipinski definition) is 1. The molecule has 0 radical (unpaired) electrons. The van der Waals surface area contributed by atoms with Crippen LogP contribution in [0.15, 0.2) is 45.0 Å². The van der Waals surface area contributed by atoms with Crippen molar-refractivity contribution in [3.63, 3.8) is 0 Å². The van der Waals surface area contributed by atoms with Crippen LogP contribution in [0, 0.1) is 0 Å². The van der Waals surface area contributed by atoms with Gasteiger partial charge >= 0.3 is 0 Å². The molecule has 1 aliphatic heterocycles. The molecule has 7 nitrogen and oxygen atoms in total. The molecule has 1 aliphatic rings. The topological polar surface area (TPSA) is 78.7 Å². The SMILES string of the molecule is O=C(NCCN1CCN(C(=O)Cc2csc(-c3ccsc3)n2)CC1)c1ccco1. The van der Waals surface area contributed by atoms with Gasteiger partial charge in [-0.15, -0.1) is 11.3 Å². The van der Waals surface area contributed by atoms with E-state index in [1.165, 1.54) is 6.26 Å². The van der Waals surface area contributed by atoms with Gasteiger partial charge in [0.2, 0.25) is 5.91 Å². The third kappa shape index (κ3) is 5.11. The van der Waals surface area contributed by atoms with Gasteiger partial charge in [-0.1, -0.05) is 0 Å². The maximum atomic E-state index is 12.6. The highest BCUT2D eigenvalue weighted by Gasteiger charge is 2.22. The van der Waals surface area contributed by atoms with Crippen molar-refractivity contribution < 1.29 is 14.0 Å². The number of piperazine rings is 1. The van der Waals surface area contributed by atoms with Crippen molar-refractivity contribution in [1.82, 2.24) is 20.1 Å². The summed E-state index contributed by atoms with van der Waals surface area (Å²) in [5.41, 5.74) is 1.95. The van der Waals surface area contributed by atoms with E-state index in [2.05, 4.69) is 20.6 Å². The number of thiophene rings is 1. The Morgan fingerprint density at radius 1 is 1.17 bits per heavy atom. The number of nitrogens with one attached hydrogen (secondary N) is 1. The molecule has 1 saturated heterocycles. The molecule has 152 valence electrons. The minimum absolute atomic E-state index is 0.123. The molecular formula is C20H22N4O3S2. The lowest BCUT2D eigenvalue weighted by Crippen LogP contribution is -2.50. The Kier molecular flexibility index (Phi) is 6.38. The fourth-order valence-corrected chi connectivity index (χ4v) is 4.75. The Bertz CT molecular complexity index is 929. The predicted molar refractivity (Wildman–Crippen MR) is 113 cm³/mol. The van der Waals surface area contributed by atoms with Gasteiger partial charge in [0.25, 0.3) is 5.91 Å². The lowest BCUT2D eigenvalue weighted by molar-refractivity contribution is -0.132. The summed E-state index contributed by atoms with van der Waals surface area (Å²) in [6, 6.07) is 5.39. The molecule has 0 atom stereocenters. The number of furan rings is 1. The minimum Gasteiger partial charge on any atom is -0.459 e. The molecule has 4 heterocycles. The van der Waals surface area contributed by atoms with Crippen LogP contribution in [0.4, 0.5) is 0 Å². The fourth-order valence-electron chi connectivity index (χ4n) is 3.22. The second-order valence-corrected chi connectivity index (χ2v) is 8.43. The average molecular weight is 431 g/mol. The summed E-state index contributed by atoms with van der Waals surface area (Å²) in [5.74, 6) is 0.247. The molecule has 29 heavy (non-hydrogen) atoms. The minimum atomic E-state index is -0.200. The summed E-state index contributed by atoms with van der Waals surface area (Å²) in [6.07, 6.45) is 1.83. The quantitative estimate of drug-likeness (QED) is 0.623. The van der Waals surface area contributed by atoms with Crippen molar-refractivity contribution in [1.29, 1.82) is 0 Å². The normalized spacial score (nSPS) is 14.8. The van der Waals surface area contributed by atoms with Crippen molar-refractivity contribution in [2.75, 3.05) is 39.3 Å². The summed E-state index contributed by atoms with van der Waals surface area (Å²) in [5, 5.41) is 9.90. The lowest BCUT2D eigenvalue weighted by Gasteiger charge is -2.34. The van der Waals surface area contributed by atoms with E-state index >= 15 is 0 Å². The van der Waals surface area contributed by atoms with Crippen molar-refractivity contribution in [3.05, 3.63) is 52.1 Å². The number of carbonyl (C=O) groups excluding carboxylic acids is 2. The van der Waals surface area contributed by atoms with Crippen molar-refractivity contribution in [2.45, 2.75) is 6.42 Å². The van der Waals surface area contributed by atoms with Gasteiger partial charge in [-0.05, 0) is 23.6 Å². The largest absolute Gasteiger partial charge is 0.459 e. The smallest absolute Gasteiger partial charge is 0.287 e. The summed E-state index contributed by atoms with van der Waals surface area (Å²) in [7, 11) is 0. The molecule has 0 unspecified atom stereocenters. The van der Waals surface area contributed by atoms with Gasteiger partial charge in [-0.25, -0.2) is 4.98 Å². The molecule has 1 N–H and O–H groups in total. The van der Waals surface area contributed by atoms with Crippen molar-refractivity contribution in [2.24, 2.45) is 0 Å². The molecule has 0 aliphatic carbocycles. The van der Waals surface area contributed by atoms with E-state index in [-0.39, 0.29) is 11.8 Å². The number of aromatic nitrogens is 1. The van der Waals surface area contributed by atoms with Crippen LogP contribution in [0.2, 0.25) is 0 Å². The van der Waals surface area contributed by atoms with Crippen molar-refractivity contribution in [3.8, 4) is 10.6 Å². The van der Waals surface area contributed by atoms with E-state index in [1.807, 2.05) is 21.7 Å². The maximum absolute atomic E-state index is 12.6. The van der Waals surface area contributed by atoms with Crippen molar-refractivity contribution >= 4 is 34.5 Å². The Morgan fingerprint density at radius 3 is 2.76 bits per heavy atom.